The van der Waals surface area contributed by atoms with Crippen LogP contribution in [-0.4, -0.2) is 42.6 Å². The summed E-state index contributed by atoms with van der Waals surface area (Å²) in [7, 11) is 1.51. The number of pyridine rings is 1. The van der Waals surface area contributed by atoms with Crippen molar-refractivity contribution in [1.29, 1.82) is 0 Å². The number of amides is 1. The number of hydrogen-bond donors (Lipinski definition) is 0. The molecular formula is C22H22F2N2O2. The number of methoxy groups -OCH3 is 1. The number of piperidine rings is 1. The Morgan fingerprint density at radius 3 is 2.57 bits per heavy atom. The van der Waals surface area contributed by atoms with E-state index in [0.29, 0.717) is 32.4 Å². The van der Waals surface area contributed by atoms with Gasteiger partial charge in [0.2, 0.25) is 5.91 Å². The van der Waals surface area contributed by atoms with Crippen molar-refractivity contribution in [2.45, 2.75) is 25.7 Å². The van der Waals surface area contributed by atoms with Crippen molar-refractivity contribution in [1.82, 2.24) is 9.88 Å². The second-order valence-electron chi connectivity index (χ2n) is 7.23. The van der Waals surface area contributed by atoms with Crippen LogP contribution < -0.4 is 0 Å². The molecule has 2 aromatic rings. The molecule has 4 rings (SSSR count). The number of carbonyl (C=O) groups excluding carboxylic acids is 1. The predicted molar refractivity (Wildman–Crippen MR) is 102 cm³/mol. The third-order valence-corrected chi connectivity index (χ3v) is 5.55. The van der Waals surface area contributed by atoms with Crippen LogP contribution in [0.2, 0.25) is 0 Å². The molecule has 4 nitrogen and oxygen atoms in total. The number of ether oxygens (including phenoxy) is 1. The summed E-state index contributed by atoms with van der Waals surface area (Å²) in [6.07, 6.45) is 4.47. The highest BCUT2D eigenvalue weighted by Gasteiger charge is 2.27. The van der Waals surface area contributed by atoms with Crippen LogP contribution in [0.5, 0.6) is 0 Å². The Hall–Kier alpha value is -2.60. The Bertz CT molecular complexity index is 946. The van der Waals surface area contributed by atoms with E-state index >= 15 is 0 Å². The third kappa shape index (κ3) is 3.44. The average molecular weight is 384 g/mol. The number of benzene rings is 1. The summed E-state index contributed by atoms with van der Waals surface area (Å²) in [6.45, 7) is 1.24. The van der Waals surface area contributed by atoms with E-state index in [1.165, 1.54) is 19.2 Å². The fourth-order valence-corrected chi connectivity index (χ4v) is 4.14. The van der Waals surface area contributed by atoms with Crippen LogP contribution in [0.3, 0.4) is 0 Å². The number of aromatic nitrogens is 1. The first-order valence-electron chi connectivity index (χ1n) is 9.49. The molecule has 146 valence electrons. The summed E-state index contributed by atoms with van der Waals surface area (Å²) in [5.74, 6) is -1.69. The monoisotopic (exact) mass is 384 g/mol. The normalized spacial score (nSPS) is 16.5. The SMILES string of the molecule is COCC(=O)N1CCC(=C2c3cc(F)c(F)cc3CCc3cccnc32)CC1. The Kier molecular flexibility index (Phi) is 5.22. The van der Waals surface area contributed by atoms with Crippen LogP contribution >= 0.6 is 0 Å². The van der Waals surface area contributed by atoms with Gasteiger partial charge in [0, 0.05) is 32.0 Å². The molecule has 0 unspecified atom stereocenters. The molecule has 28 heavy (non-hydrogen) atoms. The first-order chi connectivity index (χ1) is 13.6. The van der Waals surface area contributed by atoms with E-state index < -0.39 is 11.6 Å². The van der Waals surface area contributed by atoms with Crippen molar-refractivity contribution in [2.24, 2.45) is 0 Å². The number of halogens is 2. The maximum absolute atomic E-state index is 14.1. The van der Waals surface area contributed by atoms with Crippen molar-refractivity contribution < 1.29 is 18.3 Å². The van der Waals surface area contributed by atoms with Gasteiger partial charge >= 0.3 is 0 Å². The molecule has 1 amide bonds. The molecule has 1 aliphatic heterocycles. The van der Waals surface area contributed by atoms with Crippen LogP contribution in [0.1, 0.15) is 35.2 Å². The zero-order valence-electron chi connectivity index (χ0n) is 15.8. The fraction of sp³-hybridized carbons (Fsp3) is 0.364. The molecule has 0 radical (unpaired) electrons. The lowest BCUT2D eigenvalue weighted by molar-refractivity contribution is -0.135. The number of aryl methyl sites for hydroxylation is 2. The van der Waals surface area contributed by atoms with Crippen molar-refractivity contribution in [3.05, 3.63) is 70.1 Å². The van der Waals surface area contributed by atoms with Crippen molar-refractivity contribution >= 4 is 11.5 Å². The average Bonchev–Trinajstić information content (AvgIpc) is 2.86. The second kappa shape index (κ2) is 7.80. The van der Waals surface area contributed by atoms with Crippen LogP contribution in [-0.2, 0) is 22.4 Å². The van der Waals surface area contributed by atoms with Gasteiger partial charge in [0.05, 0.1) is 5.69 Å². The van der Waals surface area contributed by atoms with Crippen LogP contribution in [0.25, 0.3) is 5.57 Å². The molecule has 2 aliphatic rings. The molecule has 1 saturated heterocycles. The third-order valence-electron chi connectivity index (χ3n) is 5.55. The summed E-state index contributed by atoms with van der Waals surface area (Å²) in [6, 6.07) is 6.54. The first-order valence-corrected chi connectivity index (χ1v) is 9.49. The maximum Gasteiger partial charge on any atom is 0.248 e. The molecule has 0 atom stereocenters. The number of hydrogen-bond acceptors (Lipinski definition) is 3. The minimum absolute atomic E-state index is 0.0283. The van der Waals surface area contributed by atoms with Crippen LogP contribution in [0.15, 0.2) is 36.0 Å². The van der Waals surface area contributed by atoms with Gasteiger partial charge in [-0.1, -0.05) is 11.6 Å². The van der Waals surface area contributed by atoms with Gasteiger partial charge in [0.25, 0.3) is 0 Å². The van der Waals surface area contributed by atoms with Gasteiger partial charge in [-0.25, -0.2) is 8.78 Å². The standard InChI is InChI=1S/C22H22F2N2O2/c1-28-13-20(27)26-9-6-14(7-10-26)21-17-12-19(24)18(23)11-16(17)5-4-15-3-2-8-25-22(15)21/h2-3,8,11-12H,4-7,9-10,13H2,1H3. The number of likely N-dealkylation sites (tertiary alicyclic amines) is 1. The summed E-state index contributed by atoms with van der Waals surface area (Å²) in [5, 5.41) is 0. The minimum atomic E-state index is -0.844. The predicted octanol–water partition coefficient (Wildman–Crippen LogP) is 3.53. The number of rotatable bonds is 2. The van der Waals surface area contributed by atoms with Gasteiger partial charge in [0.1, 0.15) is 6.61 Å². The van der Waals surface area contributed by atoms with Gasteiger partial charge in [-0.2, -0.15) is 0 Å². The molecule has 0 N–H and O–H groups in total. The van der Waals surface area contributed by atoms with E-state index in [-0.39, 0.29) is 12.5 Å². The Morgan fingerprint density at radius 2 is 1.82 bits per heavy atom. The molecule has 1 aromatic heterocycles. The van der Waals surface area contributed by atoms with Gasteiger partial charge in [-0.15, -0.1) is 0 Å². The van der Waals surface area contributed by atoms with E-state index in [0.717, 1.165) is 40.0 Å². The van der Waals surface area contributed by atoms with Crippen LogP contribution in [0, 0.1) is 11.6 Å². The Morgan fingerprint density at radius 1 is 1.11 bits per heavy atom. The fourth-order valence-electron chi connectivity index (χ4n) is 4.14. The van der Waals surface area contributed by atoms with E-state index in [1.807, 2.05) is 12.1 Å². The molecule has 1 aliphatic carbocycles. The maximum atomic E-state index is 14.1. The van der Waals surface area contributed by atoms with Crippen molar-refractivity contribution in [3.63, 3.8) is 0 Å². The number of carbonyl (C=O) groups is 1. The lowest BCUT2D eigenvalue weighted by atomic mass is 9.88. The highest BCUT2D eigenvalue weighted by molar-refractivity contribution is 5.85. The second-order valence-corrected chi connectivity index (χ2v) is 7.23. The van der Waals surface area contributed by atoms with E-state index in [4.69, 9.17) is 4.74 Å². The molecule has 2 heterocycles. The van der Waals surface area contributed by atoms with Gasteiger partial charge in [0.15, 0.2) is 11.6 Å². The lowest BCUT2D eigenvalue weighted by Crippen LogP contribution is -2.38. The Labute approximate surface area is 162 Å². The summed E-state index contributed by atoms with van der Waals surface area (Å²) in [4.78, 5) is 18.5. The zero-order valence-corrected chi connectivity index (χ0v) is 15.8. The topological polar surface area (TPSA) is 42.4 Å². The van der Waals surface area contributed by atoms with Gasteiger partial charge in [-0.05, 0) is 60.6 Å². The largest absolute Gasteiger partial charge is 0.375 e. The van der Waals surface area contributed by atoms with E-state index in [2.05, 4.69) is 4.98 Å². The van der Waals surface area contributed by atoms with Crippen LogP contribution in [0.4, 0.5) is 8.78 Å². The number of nitrogens with zero attached hydrogens (tertiary/aromatic N) is 2. The number of fused-ring (bicyclic) bond motifs is 2. The molecular weight excluding hydrogens is 362 g/mol. The first kappa shape index (κ1) is 18.7. The highest BCUT2D eigenvalue weighted by atomic mass is 19.2. The molecule has 1 aromatic carbocycles. The summed E-state index contributed by atoms with van der Waals surface area (Å²) in [5.41, 5.74) is 5.50. The van der Waals surface area contributed by atoms with E-state index in [1.54, 1.807) is 11.1 Å². The minimum Gasteiger partial charge on any atom is -0.375 e. The van der Waals surface area contributed by atoms with Crippen molar-refractivity contribution in [2.75, 3.05) is 26.8 Å². The van der Waals surface area contributed by atoms with Gasteiger partial charge in [-0.3, -0.25) is 9.78 Å². The molecule has 0 bridgehead atoms. The molecule has 0 spiro atoms. The zero-order chi connectivity index (χ0) is 19.7. The molecule has 0 saturated carbocycles. The lowest BCUT2D eigenvalue weighted by Gasteiger charge is -2.30. The summed E-state index contributed by atoms with van der Waals surface area (Å²) >= 11 is 0. The smallest absolute Gasteiger partial charge is 0.248 e. The molecule has 1 fully saturated rings. The Balaban J connectivity index is 1.79. The highest BCUT2D eigenvalue weighted by Crippen LogP contribution is 2.38. The quantitative estimate of drug-likeness (QED) is 0.796. The summed E-state index contributed by atoms with van der Waals surface area (Å²) < 4.78 is 33.0. The van der Waals surface area contributed by atoms with E-state index in [9.17, 15) is 13.6 Å². The van der Waals surface area contributed by atoms with Crippen molar-refractivity contribution in [3.8, 4) is 0 Å². The van der Waals surface area contributed by atoms with Gasteiger partial charge < -0.3 is 9.64 Å². The molecule has 6 heteroatoms.